The number of aliphatic hydroxyl groups is 1. The Labute approximate surface area is 381 Å². The molecule has 0 aromatic heterocycles. The van der Waals surface area contributed by atoms with Gasteiger partial charge in [-0.1, -0.05) is 207 Å². The van der Waals surface area contributed by atoms with E-state index in [1.165, 1.54) is 153 Å². The summed E-state index contributed by atoms with van der Waals surface area (Å²) in [6.07, 6.45) is 23.0. The Bertz CT molecular complexity index is 2310. The first-order chi connectivity index (χ1) is 30.2. The first-order valence-corrected chi connectivity index (χ1v) is 25.5. The third-order valence-corrected chi connectivity index (χ3v) is 15.7. The summed E-state index contributed by atoms with van der Waals surface area (Å²) in [7, 11) is 0. The number of benzene rings is 4. The monoisotopic (exact) mass is 894 g/mol. The summed E-state index contributed by atoms with van der Waals surface area (Å²) in [6, 6.07) is 27.2. The van der Waals surface area contributed by atoms with Crippen molar-refractivity contribution in [3.05, 3.63) is 127 Å². The molecule has 0 saturated heterocycles. The Kier molecular flexibility index (Phi) is 14.1. The van der Waals surface area contributed by atoms with E-state index in [0.717, 1.165) is 41.3 Å². The van der Waals surface area contributed by atoms with Crippen LogP contribution in [0.4, 0.5) is 0 Å². The third kappa shape index (κ3) is 8.24. The lowest BCUT2D eigenvalue weighted by Gasteiger charge is -2.33. The van der Waals surface area contributed by atoms with Gasteiger partial charge in [0.15, 0.2) is 6.23 Å². The Morgan fingerprint density at radius 2 is 1.05 bits per heavy atom. The predicted octanol–water partition coefficient (Wildman–Crippen LogP) is 15.5. The van der Waals surface area contributed by atoms with E-state index in [0.29, 0.717) is 16.9 Å². The van der Waals surface area contributed by atoms with Crippen LogP contribution in [0.2, 0.25) is 0 Å². The quantitative estimate of drug-likeness (QED) is 0.0772. The average Bonchev–Trinajstić information content (AvgIpc) is 3.97. The second-order valence-corrected chi connectivity index (χ2v) is 20.2. The fourth-order valence-corrected chi connectivity index (χ4v) is 12.3. The molecule has 62 heavy (non-hydrogen) atoms. The molecular formula is C57H71BrN2O2. The summed E-state index contributed by atoms with van der Waals surface area (Å²) >= 11 is 3.86. The van der Waals surface area contributed by atoms with Gasteiger partial charge in [0.05, 0.1) is 17.3 Å². The third-order valence-electron chi connectivity index (χ3n) is 15.2. The number of carbonyl (C=O) groups is 1. The zero-order chi connectivity index (χ0) is 43.4. The van der Waals surface area contributed by atoms with Crippen LogP contribution in [0.25, 0.3) is 22.3 Å². The lowest BCUT2D eigenvalue weighted by molar-refractivity contribution is -0.116. The second kappa shape index (κ2) is 19.5. The number of nitrogens with zero attached hydrogens (tertiary/aromatic N) is 1. The van der Waals surface area contributed by atoms with Gasteiger partial charge in [0.1, 0.15) is 0 Å². The number of hydrogen-bond donors (Lipinski definition) is 2. The largest absolute Gasteiger partial charge is 0.368 e. The van der Waals surface area contributed by atoms with Crippen LogP contribution in [0.15, 0.2) is 93.4 Å². The van der Waals surface area contributed by atoms with Crippen molar-refractivity contribution >= 4 is 27.5 Å². The van der Waals surface area contributed by atoms with Gasteiger partial charge in [0, 0.05) is 26.4 Å². The molecule has 0 spiro atoms. The molecule has 8 rings (SSSR count). The summed E-state index contributed by atoms with van der Waals surface area (Å²) in [6.45, 7) is 11.4. The van der Waals surface area contributed by atoms with Crippen molar-refractivity contribution in [3.63, 3.8) is 0 Å². The minimum absolute atomic E-state index is 0.0825. The van der Waals surface area contributed by atoms with Gasteiger partial charge in [0.2, 0.25) is 0 Å². The number of nitrogens with one attached hydrogen (secondary N) is 1. The number of carbonyl (C=O) groups excluding carboxylic acids is 1. The molecule has 2 aliphatic heterocycles. The van der Waals surface area contributed by atoms with Crippen molar-refractivity contribution in [1.82, 2.24) is 5.32 Å². The van der Waals surface area contributed by atoms with Gasteiger partial charge in [0.25, 0.3) is 5.91 Å². The Balaban J connectivity index is 1.18. The van der Waals surface area contributed by atoms with E-state index in [2.05, 4.69) is 129 Å². The number of rotatable bonds is 22. The van der Waals surface area contributed by atoms with Gasteiger partial charge in [-0.05, 0) is 101 Å². The summed E-state index contributed by atoms with van der Waals surface area (Å²) in [5.74, 6) is -0.136. The molecule has 2 unspecified atom stereocenters. The van der Waals surface area contributed by atoms with Gasteiger partial charge < -0.3 is 10.4 Å². The fraction of sp³-hybridized carbons (Fsp3) is 0.509. The van der Waals surface area contributed by atoms with Crippen LogP contribution in [0.3, 0.4) is 0 Å². The van der Waals surface area contributed by atoms with Crippen molar-refractivity contribution in [2.45, 2.75) is 186 Å². The van der Waals surface area contributed by atoms with E-state index >= 15 is 0 Å². The lowest BCUT2D eigenvalue weighted by Crippen LogP contribution is -2.29. The number of halogens is 1. The molecule has 4 aromatic carbocycles. The highest BCUT2D eigenvalue weighted by Crippen LogP contribution is 2.57. The Morgan fingerprint density at radius 3 is 1.60 bits per heavy atom. The summed E-state index contributed by atoms with van der Waals surface area (Å²) in [4.78, 5) is 19.3. The molecule has 2 aliphatic carbocycles. The minimum Gasteiger partial charge on any atom is -0.368 e. The van der Waals surface area contributed by atoms with Crippen LogP contribution < -0.4 is 5.32 Å². The summed E-state index contributed by atoms with van der Waals surface area (Å²) in [5.41, 5.74) is 16.0. The van der Waals surface area contributed by atoms with Gasteiger partial charge in [-0.2, -0.15) is 0 Å². The van der Waals surface area contributed by atoms with E-state index in [1.807, 2.05) is 0 Å². The minimum atomic E-state index is -1.08. The molecule has 2 atom stereocenters. The van der Waals surface area contributed by atoms with Crippen LogP contribution >= 0.6 is 15.9 Å². The first kappa shape index (κ1) is 44.8. The highest BCUT2D eigenvalue weighted by atomic mass is 79.9. The smallest absolute Gasteiger partial charge is 0.254 e. The number of unbranched alkanes of at least 4 members (excludes halogenated alkanes) is 12. The Morgan fingerprint density at radius 1 is 0.581 bits per heavy atom. The molecule has 0 fully saturated rings. The number of amides is 1. The maximum absolute atomic E-state index is 14.4. The number of aliphatic imine (C=N–C) groups is 1. The summed E-state index contributed by atoms with van der Waals surface area (Å²) < 4.78 is 1.13. The number of aryl methyl sites for hydroxylation is 1. The predicted molar refractivity (Wildman–Crippen MR) is 263 cm³/mol. The fourth-order valence-electron chi connectivity index (χ4n) is 12.0. The van der Waals surface area contributed by atoms with Crippen LogP contribution in [0.1, 0.15) is 201 Å². The second-order valence-electron chi connectivity index (χ2n) is 19.3. The van der Waals surface area contributed by atoms with Gasteiger partial charge in [-0.15, -0.1) is 0 Å². The van der Waals surface area contributed by atoms with E-state index < -0.39 is 12.3 Å². The summed E-state index contributed by atoms with van der Waals surface area (Å²) in [5, 5.41) is 15.3. The first-order valence-electron chi connectivity index (χ1n) is 24.7. The standard InChI is InChI=1S/C57H71BrN2O2/c1-6-10-14-18-30-56(31-19-15-11-7-2)46-34-38(5)22-26-42(46)43-27-23-39(35-47(43)56)52-50-51(55(62)59-52)53(60-54(50)61)40-24-28-44-45-29-25-41(58)37-49(45)57(48(44)36-40,32-20-16-12-8-3)33-21-17-13-9-4/h22-29,34-37,53,55,62H,6-21,30-33H2,1-5H3,(H,60,61). The molecule has 5 heteroatoms. The topological polar surface area (TPSA) is 61.7 Å². The number of fused-ring (bicyclic) bond motifs is 6. The molecule has 0 saturated carbocycles. The molecule has 4 nitrogen and oxygen atoms in total. The molecule has 0 bridgehead atoms. The lowest BCUT2D eigenvalue weighted by atomic mass is 9.70. The Hall–Kier alpha value is -3.80. The molecule has 1 amide bonds. The zero-order valence-electron chi connectivity index (χ0n) is 38.4. The number of hydrogen-bond acceptors (Lipinski definition) is 3. The van der Waals surface area contributed by atoms with E-state index in [4.69, 9.17) is 4.99 Å². The average molecular weight is 896 g/mol. The van der Waals surface area contributed by atoms with Crippen molar-refractivity contribution in [2.75, 3.05) is 0 Å². The highest BCUT2D eigenvalue weighted by molar-refractivity contribution is 9.10. The molecule has 4 aromatic rings. The van der Waals surface area contributed by atoms with Gasteiger partial charge >= 0.3 is 0 Å². The molecule has 2 heterocycles. The van der Waals surface area contributed by atoms with E-state index in [9.17, 15) is 9.90 Å². The van der Waals surface area contributed by atoms with E-state index in [1.54, 1.807) is 0 Å². The van der Waals surface area contributed by atoms with Crippen LogP contribution in [0.5, 0.6) is 0 Å². The maximum Gasteiger partial charge on any atom is 0.254 e. The molecule has 4 aliphatic rings. The van der Waals surface area contributed by atoms with Crippen LogP contribution in [-0.2, 0) is 15.6 Å². The maximum atomic E-state index is 14.4. The number of aliphatic hydroxyl groups excluding tert-OH is 1. The van der Waals surface area contributed by atoms with Crippen LogP contribution in [0, 0.1) is 6.92 Å². The normalized spacial score (nSPS) is 18.7. The molecule has 0 radical (unpaired) electrons. The van der Waals surface area contributed by atoms with Crippen molar-refractivity contribution in [1.29, 1.82) is 0 Å². The highest BCUT2D eigenvalue weighted by Gasteiger charge is 2.47. The molecular weight excluding hydrogens is 825 g/mol. The van der Waals surface area contributed by atoms with Crippen LogP contribution in [-0.4, -0.2) is 23.0 Å². The van der Waals surface area contributed by atoms with Crippen molar-refractivity contribution in [2.24, 2.45) is 4.99 Å². The van der Waals surface area contributed by atoms with E-state index in [-0.39, 0.29) is 16.7 Å². The van der Waals surface area contributed by atoms with Crippen molar-refractivity contribution < 1.29 is 9.90 Å². The molecule has 328 valence electrons. The van der Waals surface area contributed by atoms with Gasteiger partial charge in [-0.25, -0.2) is 4.99 Å². The SMILES string of the molecule is CCCCCCC1(CCCCCC)c2cc(C)ccc2-c2ccc(C3=NC(O)C4=C3C(=O)NC4c3ccc4c(c3)C(CCCCCC)(CCCCCC)c3cc(Br)ccc3-4)cc21. The molecule has 2 N–H and O–H groups in total. The van der Waals surface area contributed by atoms with Crippen molar-refractivity contribution in [3.8, 4) is 22.3 Å². The van der Waals surface area contributed by atoms with Gasteiger partial charge in [-0.3, -0.25) is 4.79 Å². The zero-order valence-corrected chi connectivity index (χ0v) is 40.0.